The molecule has 3 aromatic carbocycles. The highest BCUT2D eigenvalue weighted by molar-refractivity contribution is 5.92. The molecule has 0 amide bonds. The molecule has 3 rings (SSSR count). The number of methoxy groups -OCH3 is 1. The maximum atomic E-state index is 12.5. The molecule has 0 spiro atoms. The number of carbonyl (C=O) groups excluding carboxylic acids is 3. The number of esters is 3. The molecule has 3 aromatic rings. The summed E-state index contributed by atoms with van der Waals surface area (Å²) in [7, 11) is 1.61. The minimum Gasteiger partial charge on any atom is -0.497 e. The molecule has 0 aliphatic carbocycles. The van der Waals surface area contributed by atoms with Crippen LogP contribution in [0.2, 0.25) is 0 Å². The molecule has 216 valence electrons. The highest BCUT2D eigenvalue weighted by Crippen LogP contribution is 2.18. The number of hydrogen-bond acceptors (Lipinski definition) is 8. The molecule has 0 aromatic heterocycles. The lowest BCUT2D eigenvalue weighted by Gasteiger charge is -2.09. The van der Waals surface area contributed by atoms with Crippen molar-refractivity contribution in [3.05, 3.63) is 102 Å². The summed E-state index contributed by atoms with van der Waals surface area (Å²) in [6.07, 6.45) is 6.53. The van der Waals surface area contributed by atoms with Crippen LogP contribution in [0.15, 0.2) is 85.5 Å². The van der Waals surface area contributed by atoms with Gasteiger partial charge in [-0.3, -0.25) is 0 Å². The van der Waals surface area contributed by atoms with E-state index in [0.29, 0.717) is 42.3 Å². The first kappa shape index (κ1) is 30.9. The standard InChI is InChI=1S/C33H36O8/c1-3-31(34)39-23-8-6-4-5-7-22-38-29-17-11-27(12-18-29)33(36)41-30-19-13-26(14-20-30)32(35)40-24-21-25-9-15-28(37-2)16-10-25/h3,9-20H,1,4-8,21-24H2,2H3. The van der Waals surface area contributed by atoms with Gasteiger partial charge in [0.15, 0.2) is 0 Å². The summed E-state index contributed by atoms with van der Waals surface area (Å²) >= 11 is 0. The van der Waals surface area contributed by atoms with E-state index in [9.17, 15) is 14.4 Å². The summed E-state index contributed by atoms with van der Waals surface area (Å²) in [5, 5.41) is 0. The average Bonchev–Trinajstić information content (AvgIpc) is 3.01. The molecule has 0 heterocycles. The zero-order valence-electron chi connectivity index (χ0n) is 23.3. The van der Waals surface area contributed by atoms with E-state index in [0.717, 1.165) is 43.4 Å². The SMILES string of the molecule is C=CC(=O)OCCCCCCCOc1ccc(C(=O)Oc2ccc(C(=O)OCCc3ccc(OC)cc3)cc2)cc1. The van der Waals surface area contributed by atoms with E-state index < -0.39 is 11.9 Å². The van der Waals surface area contributed by atoms with Crippen molar-refractivity contribution >= 4 is 17.9 Å². The summed E-state index contributed by atoms with van der Waals surface area (Å²) in [5.74, 6) is 0.430. The lowest BCUT2D eigenvalue weighted by atomic mass is 10.1. The molecule has 0 unspecified atom stereocenters. The molecule has 8 nitrogen and oxygen atoms in total. The van der Waals surface area contributed by atoms with Crippen LogP contribution in [-0.4, -0.2) is 44.8 Å². The molecule has 0 aliphatic heterocycles. The van der Waals surface area contributed by atoms with Crippen molar-refractivity contribution in [2.75, 3.05) is 26.9 Å². The van der Waals surface area contributed by atoms with Gasteiger partial charge in [-0.1, -0.05) is 38.0 Å². The first-order chi connectivity index (χ1) is 20.0. The van der Waals surface area contributed by atoms with Gasteiger partial charge in [0.1, 0.15) is 17.2 Å². The second kappa shape index (κ2) is 17.2. The number of rotatable bonds is 17. The molecule has 0 saturated heterocycles. The Morgan fingerprint density at radius 2 is 1.20 bits per heavy atom. The Bertz CT molecular complexity index is 1250. The van der Waals surface area contributed by atoms with Gasteiger partial charge in [0.2, 0.25) is 0 Å². The van der Waals surface area contributed by atoms with Crippen molar-refractivity contribution in [1.29, 1.82) is 0 Å². The molecule has 41 heavy (non-hydrogen) atoms. The molecule has 0 radical (unpaired) electrons. The summed E-state index contributed by atoms with van der Waals surface area (Å²) < 4.78 is 26.6. The molecule has 0 saturated carbocycles. The fourth-order valence-electron chi connectivity index (χ4n) is 3.81. The van der Waals surface area contributed by atoms with Crippen molar-refractivity contribution in [3.8, 4) is 17.2 Å². The average molecular weight is 561 g/mol. The number of ether oxygens (including phenoxy) is 5. The topological polar surface area (TPSA) is 97.4 Å². The van der Waals surface area contributed by atoms with E-state index in [2.05, 4.69) is 6.58 Å². The van der Waals surface area contributed by atoms with Gasteiger partial charge in [0.25, 0.3) is 0 Å². The number of unbranched alkanes of at least 4 members (excludes halogenated alkanes) is 4. The van der Waals surface area contributed by atoms with Gasteiger partial charge in [-0.05, 0) is 79.1 Å². The Kier molecular flexibility index (Phi) is 13.0. The summed E-state index contributed by atoms with van der Waals surface area (Å²) in [6, 6.07) is 20.6. The Hall–Kier alpha value is -4.59. The lowest BCUT2D eigenvalue weighted by molar-refractivity contribution is -0.137. The molecule has 0 bridgehead atoms. The first-order valence-electron chi connectivity index (χ1n) is 13.6. The third-order valence-electron chi connectivity index (χ3n) is 6.14. The summed E-state index contributed by atoms with van der Waals surface area (Å²) in [4.78, 5) is 35.8. The zero-order valence-corrected chi connectivity index (χ0v) is 23.3. The predicted octanol–water partition coefficient (Wildman–Crippen LogP) is 6.37. The van der Waals surface area contributed by atoms with Gasteiger partial charge in [-0.25, -0.2) is 14.4 Å². The van der Waals surface area contributed by atoms with E-state index in [-0.39, 0.29) is 12.6 Å². The largest absolute Gasteiger partial charge is 0.497 e. The highest BCUT2D eigenvalue weighted by Gasteiger charge is 2.11. The molecular weight excluding hydrogens is 524 g/mol. The van der Waals surface area contributed by atoms with Crippen LogP contribution in [0.1, 0.15) is 58.4 Å². The van der Waals surface area contributed by atoms with Crippen molar-refractivity contribution in [1.82, 2.24) is 0 Å². The van der Waals surface area contributed by atoms with Crippen LogP contribution in [0.3, 0.4) is 0 Å². The van der Waals surface area contributed by atoms with E-state index in [1.807, 2.05) is 24.3 Å². The third kappa shape index (κ3) is 11.2. The second-order valence-electron chi connectivity index (χ2n) is 9.16. The van der Waals surface area contributed by atoms with Crippen molar-refractivity contribution in [3.63, 3.8) is 0 Å². The number of carbonyl (C=O) groups is 3. The lowest BCUT2D eigenvalue weighted by Crippen LogP contribution is -2.10. The molecular formula is C33H36O8. The number of hydrogen-bond donors (Lipinski definition) is 0. The fraction of sp³-hybridized carbons (Fsp3) is 0.303. The van der Waals surface area contributed by atoms with Gasteiger partial charge < -0.3 is 23.7 Å². The summed E-state index contributed by atoms with van der Waals surface area (Å²) in [6.45, 7) is 4.60. The Morgan fingerprint density at radius 1 is 0.634 bits per heavy atom. The van der Waals surface area contributed by atoms with E-state index in [1.165, 1.54) is 6.08 Å². The summed E-state index contributed by atoms with van der Waals surface area (Å²) in [5.41, 5.74) is 1.79. The van der Waals surface area contributed by atoms with Gasteiger partial charge in [-0.2, -0.15) is 0 Å². The smallest absolute Gasteiger partial charge is 0.343 e. The number of benzene rings is 3. The first-order valence-corrected chi connectivity index (χ1v) is 13.6. The van der Waals surface area contributed by atoms with E-state index in [4.69, 9.17) is 23.7 Å². The molecule has 0 aliphatic rings. The van der Waals surface area contributed by atoms with Crippen molar-refractivity contribution < 1.29 is 38.1 Å². The molecule has 0 fully saturated rings. The maximum absolute atomic E-state index is 12.5. The Labute approximate surface area is 240 Å². The monoisotopic (exact) mass is 560 g/mol. The van der Waals surface area contributed by atoms with Crippen LogP contribution in [0.4, 0.5) is 0 Å². The van der Waals surface area contributed by atoms with Crippen LogP contribution in [-0.2, 0) is 20.7 Å². The van der Waals surface area contributed by atoms with Crippen molar-refractivity contribution in [2.24, 2.45) is 0 Å². The third-order valence-corrected chi connectivity index (χ3v) is 6.14. The second-order valence-corrected chi connectivity index (χ2v) is 9.16. The van der Waals surface area contributed by atoms with Gasteiger partial charge in [0, 0.05) is 12.5 Å². The van der Waals surface area contributed by atoms with Gasteiger partial charge in [0.05, 0.1) is 38.1 Å². The predicted molar refractivity (Wildman–Crippen MR) is 155 cm³/mol. The van der Waals surface area contributed by atoms with Crippen LogP contribution >= 0.6 is 0 Å². The van der Waals surface area contributed by atoms with Gasteiger partial charge in [-0.15, -0.1) is 0 Å². The normalized spacial score (nSPS) is 10.4. The van der Waals surface area contributed by atoms with Crippen LogP contribution in [0, 0.1) is 0 Å². The molecule has 0 atom stereocenters. The fourth-order valence-corrected chi connectivity index (χ4v) is 3.81. The quantitative estimate of drug-likeness (QED) is 0.0813. The van der Waals surface area contributed by atoms with E-state index in [1.54, 1.807) is 55.6 Å². The van der Waals surface area contributed by atoms with Crippen LogP contribution in [0.5, 0.6) is 17.2 Å². The van der Waals surface area contributed by atoms with E-state index >= 15 is 0 Å². The van der Waals surface area contributed by atoms with Crippen LogP contribution < -0.4 is 14.2 Å². The minimum atomic E-state index is -0.509. The molecule has 0 N–H and O–H groups in total. The molecule has 8 heteroatoms. The van der Waals surface area contributed by atoms with Crippen LogP contribution in [0.25, 0.3) is 0 Å². The minimum absolute atomic E-state index is 0.248. The van der Waals surface area contributed by atoms with Gasteiger partial charge >= 0.3 is 17.9 Å². The maximum Gasteiger partial charge on any atom is 0.343 e. The highest BCUT2D eigenvalue weighted by atomic mass is 16.5. The zero-order chi connectivity index (χ0) is 29.3. The van der Waals surface area contributed by atoms with Crippen molar-refractivity contribution in [2.45, 2.75) is 38.5 Å². The Balaban J connectivity index is 1.32. The Morgan fingerprint density at radius 3 is 1.83 bits per heavy atom.